The van der Waals surface area contributed by atoms with Gasteiger partial charge in [-0.05, 0) is 55.4 Å². The third-order valence-electron chi connectivity index (χ3n) is 9.70. The predicted molar refractivity (Wildman–Crippen MR) is 106 cm³/mol. The van der Waals surface area contributed by atoms with Crippen LogP contribution in [0.25, 0.3) is 0 Å². The zero-order valence-corrected chi connectivity index (χ0v) is 18.1. The van der Waals surface area contributed by atoms with Crippen LogP contribution in [0.5, 0.6) is 0 Å². The van der Waals surface area contributed by atoms with E-state index in [4.69, 9.17) is 18.9 Å². The molecule has 4 aliphatic carbocycles. The Kier molecular flexibility index (Phi) is 4.28. The average molecular weight is 430 g/mol. The molecule has 6 rings (SSSR count). The molecule has 0 aromatic rings. The number of rotatable bonds is 1. The van der Waals surface area contributed by atoms with Crippen molar-refractivity contribution in [3.63, 3.8) is 0 Å². The number of ketones is 2. The number of ether oxygens (including phenoxy) is 4. The summed E-state index contributed by atoms with van der Waals surface area (Å²) in [5.74, 6) is -1.22. The SMILES string of the molecule is CC1C(=O)C2C(CCC3=CC(=O)C(C=O)C[C@@]32C)C2CC[C@@]3(OCOC34COCO4)C12. The number of hydrogen-bond acceptors (Lipinski definition) is 7. The van der Waals surface area contributed by atoms with Gasteiger partial charge in [-0.2, -0.15) is 0 Å². The minimum absolute atomic E-state index is 0.0201. The highest BCUT2D eigenvalue weighted by molar-refractivity contribution is 6.02. The first-order valence-corrected chi connectivity index (χ1v) is 11.6. The van der Waals surface area contributed by atoms with E-state index < -0.39 is 22.7 Å². The number of carbonyl (C=O) groups is 3. The first kappa shape index (κ1) is 20.2. The molecule has 0 aromatic carbocycles. The smallest absolute Gasteiger partial charge is 0.226 e. The summed E-state index contributed by atoms with van der Waals surface area (Å²) in [5, 5.41) is 0. The Hall–Kier alpha value is -1.41. The lowest BCUT2D eigenvalue weighted by molar-refractivity contribution is -0.230. The zero-order valence-electron chi connectivity index (χ0n) is 18.1. The van der Waals surface area contributed by atoms with E-state index in [2.05, 4.69) is 6.92 Å². The molecule has 2 aliphatic heterocycles. The lowest BCUT2D eigenvalue weighted by Gasteiger charge is -2.57. The van der Waals surface area contributed by atoms with Gasteiger partial charge in [0.25, 0.3) is 0 Å². The molecule has 0 amide bonds. The Morgan fingerprint density at radius 1 is 1.10 bits per heavy atom. The van der Waals surface area contributed by atoms with Crippen molar-refractivity contribution in [2.75, 3.05) is 20.2 Å². The van der Waals surface area contributed by atoms with Crippen LogP contribution >= 0.6 is 0 Å². The van der Waals surface area contributed by atoms with Crippen LogP contribution in [0.3, 0.4) is 0 Å². The van der Waals surface area contributed by atoms with E-state index in [9.17, 15) is 14.4 Å². The molecule has 9 atom stereocenters. The Labute approximate surface area is 181 Å². The van der Waals surface area contributed by atoms with Crippen molar-refractivity contribution < 1.29 is 33.3 Å². The quantitative estimate of drug-likeness (QED) is 0.466. The Balaban J connectivity index is 1.41. The summed E-state index contributed by atoms with van der Waals surface area (Å²) < 4.78 is 23.8. The van der Waals surface area contributed by atoms with Gasteiger partial charge in [0.1, 0.15) is 24.3 Å². The summed E-state index contributed by atoms with van der Waals surface area (Å²) in [6.07, 6.45) is 6.35. The van der Waals surface area contributed by atoms with Gasteiger partial charge in [-0.25, -0.2) is 0 Å². The van der Waals surface area contributed by atoms with Gasteiger partial charge < -0.3 is 23.7 Å². The number of carbonyl (C=O) groups excluding carboxylic acids is 3. The van der Waals surface area contributed by atoms with E-state index in [0.29, 0.717) is 18.9 Å². The normalized spacial score (nSPS) is 53.4. The number of aldehydes is 1. The molecular weight excluding hydrogens is 400 g/mol. The minimum atomic E-state index is -0.919. The minimum Gasteiger partial charge on any atom is -0.350 e. The predicted octanol–water partition coefficient (Wildman–Crippen LogP) is 2.42. The maximum Gasteiger partial charge on any atom is 0.226 e. The molecule has 168 valence electrons. The van der Waals surface area contributed by atoms with Crippen LogP contribution in [0.2, 0.25) is 0 Å². The Morgan fingerprint density at radius 3 is 2.65 bits per heavy atom. The van der Waals surface area contributed by atoms with Gasteiger partial charge in [0.15, 0.2) is 19.4 Å². The number of hydrogen-bond donors (Lipinski definition) is 0. The second-order valence-corrected chi connectivity index (χ2v) is 10.7. The highest BCUT2D eigenvalue weighted by atomic mass is 16.9. The molecule has 2 spiro atoms. The zero-order chi connectivity index (χ0) is 21.6. The molecule has 6 aliphatic rings. The molecule has 3 saturated carbocycles. The fourth-order valence-electron chi connectivity index (χ4n) is 8.42. The summed E-state index contributed by atoms with van der Waals surface area (Å²) in [4.78, 5) is 38.0. The molecule has 2 heterocycles. The average Bonchev–Trinajstić information content (AvgIpc) is 3.47. The largest absolute Gasteiger partial charge is 0.350 e. The number of Topliss-reactive ketones (excluding diaryl/α,β-unsaturated/α-hetero) is 1. The van der Waals surface area contributed by atoms with Crippen molar-refractivity contribution in [1.29, 1.82) is 0 Å². The van der Waals surface area contributed by atoms with Crippen LogP contribution in [0.1, 0.15) is 46.0 Å². The summed E-state index contributed by atoms with van der Waals surface area (Å²) in [5.41, 5.74) is -0.0151. The third-order valence-corrected chi connectivity index (χ3v) is 9.70. The van der Waals surface area contributed by atoms with Crippen LogP contribution in [-0.2, 0) is 33.3 Å². The van der Waals surface area contributed by atoms with Gasteiger partial charge in [0, 0.05) is 17.8 Å². The highest BCUT2D eigenvalue weighted by Crippen LogP contribution is 2.67. The molecule has 0 radical (unpaired) electrons. The number of allylic oxidation sites excluding steroid dienone is 1. The lowest BCUT2D eigenvalue weighted by Crippen LogP contribution is -2.63. The Morgan fingerprint density at radius 2 is 1.90 bits per heavy atom. The van der Waals surface area contributed by atoms with E-state index in [1.165, 1.54) is 0 Å². The molecule has 0 aromatic heterocycles. The van der Waals surface area contributed by atoms with Crippen molar-refractivity contribution in [3.05, 3.63) is 11.6 Å². The second kappa shape index (κ2) is 6.56. The van der Waals surface area contributed by atoms with Crippen LogP contribution in [-0.4, -0.2) is 49.4 Å². The summed E-state index contributed by atoms with van der Waals surface area (Å²) in [6, 6.07) is 0. The fourth-order valence-corrected chi connectivity index (χ4v) is 8.42. The van der Waals surface area contributed by atoms with Crippen LogP contribution in [0.15, 0.2) is 11.6 Å². The number of fused-ring (bicyclic) bond motifs is 7. The fraction of sp³-hybridized carbons (Fsp3) is 0.792. The first-order valence-electron chi connectivity index (χ1n) is 11.6. The summed E-state index contributed by atoms with van der Waals surface area (Å²) in [6.45, 7) is 4.82. The van der Waals surface area contributed by atoms with Crippen molar-refractivity contribution in [1.82, 2.24) is 0 Å². The van der Waals surface area contributed by atoms with Crippen molar-refractivity contribution in [2.45, 2.75) is 57.3 Å². The maximum absolute atomic E-state index is 14.0. The van der Waals surface area contributed by atoms with Gasteiger partial charge >= 0.3 is 0 Å². The topological polar surface area (TPSA) is 88.1 Å². The molecule has 7 heteroatoms. The molecule has 7 nitrogen and oxygen atoms in total. The van der Waals surface area contributed by atoms with E-state index in [-0.39, 0.29) is 48.8 Å². The molecule has 2 saturated heterocycles. The Bertz CT molecular complexity index is 868. The van der Waals surface area contributed by atoms with Crippen LogP contribution in [0.4, 0.5) is 0 Å². The van der Waals surface area contributed by atoms with E-state index in [0.717, 1.165) is 37.5 Å². The molecule has 0 N–H and O–H groups in total. The van der Waals surface area contributed by atoms with E-state index in [1.807, 2.05) is 6.92 Å². The molecule has 31 heavy (non-hydrogen) atoms. The molecule has 7 unspecified atom stereocenters. The van der Waals surface area contributed by atoms with E-state index in [1.54, 1.807) is 6.08 Å². The first-order chi connectivity index (χ1) is 14.9. The van der Waals surface area contributed by atoms with Crippen molar-refractivity contribution in [3.8, 4) is 0 Å². The van der Waals surface area contributed by atoms with Gasteiger partial charge in [0.2, 0.25) is 5.79 Å². The molecule has 5 fully saturated rings. The van der Waals surface area contributed by atoms with Gasteiger partial charge in [-0.1, -0.05) is 19.4 Å². The van der Waals surface area contributed by atoms with Gasteiger partial charge in [0.05, 0.1) is 5.92 Å². The molecule has 0 bridgehead atoms. The van der Waals surface area contributed by atoms with Crippen LogP contribution in [0, 0.1) is 40.9 Å². The molecular formula is C24H30O7. The van der Waals surface area contributed by atoms with E-state index >= 15 is 0 Å². The van der Waals surface area contributed by atoms with Crippen molar-refractivity contribution >= 4 is 17.9 Å². The summed E-state index contributed by atoms with van der Waals surface area (Å²) >= 11 is 0. The lowest BCUT2D eigenvalue weighted by atomic mass is 9.46. The van der Waals surface area contributed by atoms with Crippen molar-refractivity contribution in [2.24, 2.45) is 40.9 Å². The van der Waals surface area contributed by atoms with Crippen LogP contribution < -0.4 is 0 Å². The third kappa shape index (κ3) is 2.36. The highest BCUT2D eigenvalue weighted by Gasteiger charge is 2.73. The maximum atomic E-state index is 14.0. The standard InChI is InChI=1S/C24H30O7/c1-13-19-17(5-6-23(19)24(31-12-29-23)10-28-11-30-24)16-4-3-15-7-18(26)14(9-25)8-22(15,2)20(16)21(13)27/h7,9,13-14,16-17,19-20H,3-6,8,10-12H2,1-2H3/t13?,14?,16?,17?,19?,20?,22-,23+,24?/m0/s1. The summed E-state index contributed by atoms with van der Waals surface area (Å²) in [7, 11) is 0. The monoisotopic (exact) mass is 430 g/mol. The van der Waals surface area contributed by atoms with Gasteiger partial charge in [-0.3, -0.25) is 9.59 Å². The second-order valence-electron chi connectivity index (χ2n) is 10.7. The van der Waals surface area contributed by atoms with Gasteiger partial charge in [-0.15, -0.1) is 0 Å².